The third-order valence-electron chi connectivity index (χ3n) is 4.82. The minimum atomic E-state index is -0.449. The van der Waals surface area contributed by atoms with E-state index in [4.69, 9.17) is 4.74 Å². The van der Waals surface area contributed by atoms with Gasteiger partial charge in [0.05, 0.1) is 6.61 Å². The van der Waals surface area contributed by atoms with Crippen LogP contribution >= 0.6 is 0 Å². The van der Waals surface area contributed by atoms with E-state index < -0.39 is 5.97 Å². The zero-order valence-corrected chi connectivity index (χ0v) is 16.0. The van der Waals surface area contributed by atoms with Crippen LogP contribution in [0.2, 0.25) is 0 Å². The number of para-hydroxylation sites is 1. The molecule has 1 aliphatic heterocycles. The molecule has 1 atom stereocenters. The highest BCUT2D eigenvalue weighted by atomic mass is 16.5. The first kappa shape index (κ1) is 19.7. The van der Waals surface area contributed by atoms with E-state index in [-0.39, 0.29) is 31.0 Å². The number of esters is 1. The number of hydrogen-bond acceptors (Lipinski definition) is 4. The van der Waals surface area contributed by atoms with Crippen LogP contribution in [-0.4, -0.2) is 60.6 Å². The SMILES string of the molecule is CCOC(=O)CNC(=O)N1CCCC(CNC(=O)c2cc3ccccc3[nH]2)C1. The molecule has 3 amide bonds. The number of ether oxygens (including phenoxy) is 1. The predicted molar refractivity (Wildman–Crippen MR) is 105 cm³/mol. The Balaban J connectivity index is 1.47. The number of hydrogen-bond donors (Lipinski definition) is 3. The van der Waals surface area contributed by atoms with Crippen LogP contribution in [0, 0.1) is 5.92 Å². The molecular formula is C20H26N4O4. The van der Waals surface area contributed by atoms with Crippen molar-refractivity contribution in [1.82, 2.24) is 20.5 Å². The monoisotopic (exact) mass is 386 g/mol. The summed E-state index contributed by atoms with van der Waals surface area (Å²) >= 11 is 0. The average Bonchev–Trinajstić information content (AvgIpc) is 3.15. The normalized spacial score (nSPS) is 16.6. The first-order chi connectivity index (χ1) is 13.6. The number of nitrogens with zero attached hydrogens (tertiary/aromatic N) is 1. The van der Waals surface area contributed by atoms with E-state index in [9.17, 15) is 14.4 Å². The van der Waals surface area contributed by atoms with E-state index in [1.165, 1.54) is 0 Å². The number of H-pyrrole nitrogens is 1. The van der Waals surface area contributed by atoms with Crippen molar-refractivity contribution in [2.75, 3.05) is 32.8 Å². The molecule has 0 radical (unpaired) electrons. The van der Waals surface area contributed by atoms with E-state index in [1.807, 2.05) is 30.3 Å². The van der Waals surface area contributed by atoms with Gasteiger partial charge in [-0.15, -0.1) is 0 Å². The van der Waals surface area contributed by atoms with E-state index >= 15 is 0 Å². The Bertz CT molecular complexity index is 815. The highest BCUT2D eigenvalue weighted by molar-refractivity contribution is 5.97. The van der Waals surface area contributed by atoms with Crippen LogP contribution in [-0.2, 0) is 9.53 Å². The first-order valence-electron chi connectivity index (χ1n) is 9.61. The number of fused-ring (bicyclic) bond motifs is 1. The molecule has 8 heteroatoms. The zero-order valence-electron chi connectivity index (χ0n) is 16.0. The number of rotatable bonds is 6. The lowest BCUT2D eigenvalue weighted by Gasteiger charge is -2.32. The van der Waals surface area contributed by atoms with Gasteiger partial charge in [-0.1, -0.05) is 18.2 Å². The molecule has 1 saturated heterocycles. The molecule has 1 aromatic carbocycles. The van der Waals surface area contributed by atoms with E-state index in [0.29, 0.717) is 25.3 Å². The fourth-order valence-corrected chi connectivity index (χ4v) is 3.42. The van der Waals surface area contributed by atoms with E-state index in [0.717, 1.165) is 23.7 Å². The molecule has 0 aliphatic carbocycles. The molecule has 3 rings (SSSR count). The summed E-state index contributed by atoms with van der Waals surface area (Å²) in [5.74, 6) is -0.425. The van der Waals surface area contributed by atoms with Crippen molar-refractivity contribution in [3.63, 3.8) is 0 Å². The fourth-order valence-electron chi connectivity index (χ4n) is 3.42. The maximum atomic E-state index is 12.4. The number of piperidine rings is 1. The number of likely N-dealkylation sites (tertiary alicyclic amines) is 1. The number of carbonyl (C=O) groups is 3. The Morgan fingerprint density at radius 2 is 2.07 bits per heavy atom. The number of aromatic nitrogens is 1. The number of benzene rings is 1. The molecule has 1 unspecified atom stereocenters. The zero-order chi connectivity index (χ0) is 19.9. The van der Waals surface area contributed by atoms with Gasteiger partial charge in [-0.25, -0.2) is 4.79 Å². The molecule has 0 spiro atoms. The number of amides is 3. The summed E-state index contributed by atoms with van der Waals surface area (Å²) in [6.07, 6.45) is 1.80. The third kappa shape index (κ3) is 5.03. The standard InChI is InChI=1S/C20H26N4O4/c1-2-28-18(25)12-22-20(27)24-9-5-6-14(13-24)11-21-19(26)17-10-15-7-3-4-8-16(15)23-17/h3-4,7-8,10,14,23H,2,5-6,9,11-13H2,1H3,(H,21,26)(H,22,27). The van der Waals surface area contributed by atoms with Gasteiger partial charge in [0.1, 0.15) is 12.2 Å². The van der Waals surface area contributed by atoms with Crippen molar-refractivity contribution in [3.05, 3.63) is 36.0 Å². The quantitative estimate of drug-likeness (QED) is 0.660. The summed E-state index contributed by atoms with van der Waals surface area (Å²) < 4.78 is 4.81. The molecule has 0 bridgehead atoms. The third-order valence-corrected chi connectivity index (χ3v) is 4.82. The summed E-state index contributed by atoms with van der Waals surface area (Å²) in [6, 6.07) is 9.29. The molecule has 2 aromatic rings. The largest absolute Gasteiger partial charge is 0.465 e. The van der Waals surface area contributed by atoms with Crippen LogP contribution in [0.4, 0.5) is 4.79 Å². The van der Waals surface area contributed by atoms with Gasteiger partial charge in [-0.2, -0.15) is 0 Å². The molecule has 28 heavy (non-hydrogen) atoms. The minimum Gasteiger partial charge on any atom is -0.465 e. The summed E-state index contributed by atoms with van der Waals surface area (Å²) in [7, 11) is 0. The molecule has 150 valence electrons. The lowest BCUT2D eigenvalue weighted by molar-refractivity contribution is -0.141. The molecule has 8 nitrogen and oxygen atoms in total. The van der Waals surface area contributed by atoms with Crippen LogP contribution in [0.1, 0.15) is 30.3 Å². The average molecular weight is 386 g/mol. The van der Waals surface area contributed by atoms with Gasteiger partial charge < -0.3 is 25.3 Å². The van der Waals surface area contributed by atoms with E-state index in [2.05, 4.69) is 15.6 Å². The van der Waals surface area contributed by atoms with Crippen molar-refractivity contribution in [3.8, 4) is 0 Å². The van der Waals surface area contributed by atoms with Gasteiger partial charge in [0.2, 0.25) is 0 Å². The topological polar surface area (TPSA) is 104 Å². The molecule has 3 N–H and O–H groups in total. The number of nitrogens with one attached hydrogen (secondary N) is 3. The Labute approximate surface area is 163 Å². The first-order valence-corrected chi connectivity index (χ1v) is 9.61. The molecular weight excluding hydrogens is 360 g/mol. The molecule has 1 aromatic heterocycles. The molecule has 2 heterocycles. The van der Waals surface area contributed by atoms with E-state index in [1.54, 1.807) is 11.8 Å². The Hall–Kier alpha value is -3.03. The highest BCUT2D eigenvalue weighted by Gasteiger charge is 2.24. The molecule has 0 saturated carbocycles. The number of urea groups is 1. The van der Waals surface area contributed by atoms with Gasteiger partial charge in [0.25, 0.3) is 5.91 Å². The van der Waals surface area contributed by atoms with Crippen molar-refractivity contribution in [2.24, 2.45) is 5.92 Å². The van der Waals surface area contributed by atoms with Crippen LogP contribution < -0.4 is 10.6 Å². The van der Waals surface area contributed by atoms with Crippen molar-refractivity contribution in [1.29, 1.82) is 0 Å². The number of aromatic amines is 1. The van der Waals surface area contributed by atoms with Gasteiger partial charge in [-0.05, 0) is 37.8 Å². The van der Waals surface area contributed by atoms with Gasteiger partial charge in [0.15, 0.2) is 0 Å². The lowest BCUT2D eigenvalue weighted by Crippen LogP contribution is -2.48. The fraction of sp³-hybridized carbons (Fsp3) is 0.450. The summed E-state index contributed by atoms with van der Waals surface area (Å²) in [5, 5.41) is 6.53. The van der Waals surface area contributed by atoms with Crippen molar-refractivity contribution >= 4 is 28.8 Å². The Kier molecular flexibility index (Phi) is 6.52. The second kappa shape index (κ2) is 9.25. The lowest BCUT2D eigenvalue weighted by atomic mass is 9.98. The summed E-state index contributed by atoms with van der Waals surface area (Å²) in [5.41, 5.74) is 1.45. The van der Waals surface area contributed by atoms with Crippen LogP contribution in [0.15, 0.2) is 30.3 Å². The predicted octanol–water partition coefficient (Wildman–Crippen LogP) is 1.88. The summed E-state index contributed by atoms with van der Waals surface area (Å²) in [4.78, 5) is 40.8. The minimum absolute atomic E-state index is 0.134. The van der Waals surface area contributed by atoms with Crippen molar-refractivity contribution < 1.29 is 19.1 Å². The maximum Gasteiger partial charge on any atom is 0.325 e. The second-order valence-corrected chi connectivity index (χ2v) is 6.90. The van der Waals surface area contributed by atoms with Crippen LogP contribution in [0.25, 0.3) is 10.9 Å². The van der Waals surface area contributed by atoms with Gasteiger partial charge in [-0.3, -0.25) is 9.59 Å². The summed E-state index contributed by atoms with van der Waals surface area (Å²) in [6.45, 7) is 3.55. The smallest absolute Gasteiger partial charge is 0.325 e. The second-order valence-electron chi connectivity index (χ2n) is 6.90. The maximum absolute atomic E-state index is 12.4. The number of carbonyl (C=O) groups excluding carboxylic acids is 3. The Morgan fingerprint density at radius 1 is 1.25 bits per heavy atom. The van der Waals surface area contributed by atoms with Gasteiger partial charge in [0, 0.05) is 30.5 Å². The molecule has 1 aliphatic rings. The Morgan fingerprint density at radius 3 is 2.86 bits per heavy atom. The van der Waals surface area contributed by atoms with Crippen LogP contribution in [0.3, 0.4) is 0 Å². The van der Waals surface area contributed by atoms with Gasteiger partial charge >= 0.3 is 12.0 Å². The highest BCUT2D eigenvalue weighted by Crippen LogP contribution is 2.17. The molecule has 1 fully saturated rings. The van der Waals surface area contributed by atoms with Crippen LogP contribution in [0.5, 0.6) is 0 Å². The van der Waals surface area contributed by atoms with Crippen molar-refractivity contribution in [2.45, 2.75) is 19.8 Å².